The Kier molecular flexibility index (Phi) is 15.1. The standard InChI is InChI=1S/C52H74N6O8S/c1-31-44(67-30-54-31)33-16-14-32(15-17-33)27-53-47(64)39-26-34(59)28-58(39)48(65)45(49(2,3)4)56-41(60)12-10-9-11-13-43(62)66-29-50(5,6)57-46(63)38-20-19-36-35-18-21-40-52(8,25-23-42(61)55-40)37(35)22-24-51(36,38)7/h14-17,23,25,30,34-40,45,59H,9-13,18-22,24,26-29H2,1-8H3,(H,53,64)(H,55,61)(H,56,60)(H,57,63)/t34-,35+,36+,37+,38-,39+,40-,45-,51+,52-/m1/s1. The fraction of sp³-hybridized carbons (Fsp3) is 0.673. The summed E-state index contributed by atoms with van der Waals surface area (Å²) in [7, 11) is 0. The van der Waals surface area contributed by atoms with Crippen LogP contribution >= 0.6 is 11.3 Å². The smallest absolute Gasteiger partial charge is 0.305 e. The monoisotopic (exact) mass is 943 g/mol. The van der Waals surface area contributed by atoms with E-state index in [9.17, 15) is 33.9 Å². The van der Waals surface area contributed by atoms with Crippen LogP contribution in [0.4, 0.5) is 0 Å². The van der Waals surface area contributed by atoms with Crippen LogP contribution in [0.3, 0.4) is 0 Å². The normalized spacial score (nSPS) is 29.5. The summed E-state index contributed by atoms with van der Waals surface area (Å²) in [5.74, 6) is -0.0511. The molecule has 0 radical (unpaired) electrons. The molecule has 5 amide bonds. The lowest BCUT2D eigenvalue weighted by Gasteiger charge is -2.58. The number of hydrogen-bond acceptors (Lipinski definition) is 10. The summed E-state index contributed by atoms with van der Waals surface area (Å²) in [6, 6.07) is 6.25. The summed E-state index contributed by atoms with van der Waals surface area (Å²) < 4.78 is 5.67. The van der Waals surface area contributed by atoms with E-state index in [4.69, 9.17) is 4.74 Å². The summed E-state index contributed by atoms with van der Waals surface area (Å²) in [4.78, 5) is 86.5. The predicted molar refractivity (Wildman–Crippen MR) is 257 cm³/mol. The number of hydrogen-bond donors (Lipinski definition) is 5. The van der Waals surface area contributed by atoms with Crippen LogP contribution in [-0.2, 0) is 40.0 Å². The summed E-state index contributed by atoms with van der Waals surface area (Å²) in [6.45, 7) is 16.2. The lowest BCUT2D eigenvalue weighted by atomic mass is 9.48. The number of thiazole rings is 1. The van der Waals surface area contributed by atoms with Crippen LogP contribution in [-0.4, -0.2) is 93.4 Å². The molecule has 3 heterocycles. The Morgan fingerprint density at radius 2 is 1.69 bits per heavy atom. The van der Waals surface area contributed by atoms with Crippen LogP contribution in [0.1, 0.15) is 137 Å². The van der Waals surface area contributed by atoms with Crippen LogP contribution < -0.4 is 21.3 Å². The molecule has 5 aliphatic rings. The number of unbranched alkanes of at least 4 members (excludes halogenated alkanes) is 2. The fourth-order valence-corrected chi connectivity index (χ4v) is 13.1. The van der Waals surface area contributed by atoms with Gasteiger partial charge in [0.2, 0.25) is 29.5 Å². The molecule has 1 aromatic heterocycles. The van der Waals surface area contributed by atoms with Gasteiger partial charge in [0.1, 0.15) is 18.7 Å². The lowest BCUT2D eigenvalue weighted by molar-refractivity contribution is -0.147. The van der Waals surface area contributed by atoms with Crippen molar-refractivity contribution in [2.75, 3.05) is 13.2 Å². The Hall–Kier alpha value is -4.63. The van der Waals surface area contributed by atoms with Gasteiger partial charge in [-0.15, -0.1) is 11.3 Å². The number of carbonyl (C=O) groups is 6. The molecule has 2 aromatic rings. The number of ether oxygens (including phenoxy) is 1. The van der Waals surface area contributed by atoms with E-state index in [0.29, 0.717) is 37.0 Å². The minimum Gasteiger partial charge on any atom is -0.463 e. The quantitative estimate of drug-likeness (QED) is 0.0919. The number of esters is 1. The number of fused-ring (bicyclic) bond motifs is 5. The molecular formula is C52H74N6O8S. The predicted octanol–water partition coefficient (Wildman–Crippen LogP) is 6.53. The van der Waals surface area contributed by atoms with Gasteiger partial charge in [-0.3, -0.25) is 28.8 Å². The molecule has 14 nitrogen and oxygen atoms in total. The van der Waals surface area contributed by atoms with Gasteiger partial charge in [0.15, 0.2) is 0 Å². The second kappa shape index (κ2) is 20.1. The van der Waals surface area contributed by atoms with Crippen molar-refractivity contribution in [1.82, 2.24) is 31.2 Å². The molecule has 3 saturated carbocycles. The van der Waals surface area contributed by atoms with Gasteiger partial charge in [-0.25, -0.2) is 4.98 Å². The number of aromatic nitrogens is 1. The zero-order valence-corrected chi connectivity index (χ0v) is 41.7. The van der Waals surface area contributed by atoms with Crippen molar-refractivity contribution in [2.24, 2.45) is 39.9 Å². The van der Waals surface area contributed by atoms with Gasteiger partial charge in [-0.05, 0) is 118 Å². The Bertz CT molecular complexity index is 2200. The lowest BCUT2D eigenvalue weighted by Crippen LogP contribution is -2.60. The largest absolute Gasteiger partial charge is 0.463 e. The number of carbonyl (C=O) groups excluding carboxylic acids is 6. The number of nitrogens with zero attached hydrogens (tertiary/aromatic N) is 2. The van der Waals surface area contributed by atoms with Crippen molar-refractivity contribution >= 4 is 46.8 Å². The summed E-state index contributed by atoms with van der Waals surface area (Å²) in [5, 5.41) is 22.9. The van der Waals surface area contributed by atoms with E-state index in [1.165, 1.54) is 4.90 Å². The molecule has 0 spiro atoms. The first-order chi connectivity index (χ1) is 31.6. The number of likely N-dealkylation sites (tertiary alicyclic amines) is 1. The van der Waals surface area contributed by atoms with Crippen molar-refractivity contribution < 1.29 is 38.6 Å². The van der Waals surface area contributed by atoms with Gasteiger partial charge in [-0.2, -0.15) is 0 Å². The van der Waals surface area contributed by atoms with E-state index in [0.717, 1.165) is 60.2 Å². The van der Waals surface area contributed by atoms with E-state index < -0.39 is 35.0 Å². The average Bonchev–Trinajstić information content (AvgIpc) is 3.99. The maximum absolute atomic E-state index is 14.1. The van der Waals surface area contributed by atoms with E-state index in [1.807, 2.05) is 71.3 Å². The molecular weight excluding hydrogens is 869 g/mol. The van der Waals surface area contributed by atoms with Crippen molar-refractivity contribution in [1.29, 1.82) is 0 Å². The highest BCUT2D eigenvalue weighted by Gasteiger charge is 2.61. The van der Waals surface area contributed by atoms with E-state index in [1.54, 1.807) is 17.4 Å². The minimum atomic E-state index is -0.926. The molecule has 10 atom stereocenters. The van der Waals surface area contributed by atoms with Gasteiger partial charge in [0, 0.05) is 49.7 Å². The Morgan fingerprint density at radius 3 is 2.39 bits per heavy atom. The summed E-state index contributed by atoms with van der Waals surface area (Å²) in [5.41, 5.74) is 3.14. The molecule has 4 fully saturated rings. The van der Waals surface area contributed by atoms with Crippen LogP contribution in [0.2, 0.25) is 0 Å². The van der Waals surface area contributed by atoms with E-state index in [2.05, 4.69) is 46.2 Å². The first kappa shape index (κ1) is 50.3. The van der Waals surface area contributed by atoms with Crippen LogP contribution in [0.15, 0.2) is 41.9 Å². The second-order valence-electron chi connectivity index (χ2n) is 22.4. The molecule has 0 unspecified atom stereocenters. The third-order valence-corrected chi connectivity index (χ3v) is 17.0. The minimum absolute atomic E-state index is 0.00461. The molecule has 67 heavy (non-hydrogen) atoms. The van der Waals surface area contributed by atoms with Crippen molar-refractivity contribution in [3.8, 4) is 10.4 Å². The van der Waals surface area contributed by atoms with Gasteiger partial charge in [0.25, 0.3) is 0 Å². The SMILES string of the molecule is Cc1ncsc1-c1ccc(CNC(=O)[C@@H]2C[C@@H](O)CN2C(=O)[C@@H](NC(=O)CCCCCC(=O)OCC(C)(C)NC(=O)[C@H]2CC[C@H]3[C@@H]4CC[C@H]5NC(=O)C=C[C@]5(C)[C@H]4CC[C@]23C)C(C)(C)C)cc1. The maximum atomic E-state index is 14.1. The summed E-state index contributed by atoms with van der Waals surface area (Å²) >= 11 is 1.57. The van der Waals surface area contributed by atoms with Crippen LogP contribution in [0.5, 0.6) is 0 Å². The fourth-order valence-electron chi connectivity index (χ4n) is 12.3. The molecule has 15 heteroatoms. The first-order valence-electron chi connectivity index (χ1n) is 24.6. The number of rotatable bonds is 16. The average molecular weight is 943 g/mol. The first-order valence-corrected chi connectivity index (χ1v) is 25.5. The number of aliphatic hydroxyl groups is 1. The maximum Gasteiger partial charge on any atom is 0.305 e. The topological polar surface area (TPSA) is 196 Å². The zero-order valence-electron chi connectivity index (χ0n) is 40.9. The second-order valence-corrected chi connectivity index (χ2v) is 23.3. The third kappa shape index (κ3) is 11.1. The summed E-state index contributed by atoms with van der Waals surface area (Å²) in [6.07, 6.45) is 11.0. The molecule has 0 bridgehead atoms. The van der Waals surface area contributed by atoms with Gasteiger partial charge >= 0.3 is 5.97 Å². The van der Waals surface area contributed by atoms with Crippen LogP contribution in [0.25, 0.3) is 10.4 Å². The van der Waals surface area contributed by atoms with E-state index >= 15 is 0 Å². The van der Waals surface area contributed by atoms with Crippen molar-refractivity contribution in [2.45, 2.75) is 169 Å². The van der Waals surface area contributed by atoms with Gasteiger partial charge < -0.3 is 36.0 Å². The van der Waals surface area contributed by atoms with Crippen molar-refractivity contribution in [3.63, 3.8) is 0 Å². The van der Waals surface area contributed by atoms with Gasteiger partial charge in [-0.1, -0.05) is 71.4 Å². The van der Waals surface area contributed by atoms with Gasteiger partial charge in [0.05, 0.1) is 27.7 Å². The molecule has 2 aliphatic heterocycles. The number of amides is 5. The molecule has 3 aliphatic carbocycles. The molecule has 1 aromatic carbocycles. The molecule has 5 N–H and O–H groups in total. The molecule has 1 saturated heterocycles. The number of aliphatic hydroxyl groups excluding tert-OH is 1. The van der Waals surface area contributed by atoms with Crippen molar-refractivity contribution in [3.05, 3.63) is 53.2 Å². The highest BCUT2D eigenvalue weighted by molar-refractivity contribution is 7.13. The number of aryl methyl sites for hydroxylation is 1. The highest BCUT2D eigenvalue weighted by Crippen LogP contribution is 2.65. The Labute approximate surface area is 400 Å². The van der Waals surface area contributed by atoms with Crippen LogP contribution in [0, 0.1) is 46.8 Å². The molecule has 366 valence electrons. The number of nitrogens with one attached hydrogen (secondary N) is 4. The number of β-amino-alcohol motifs (C(OH)–C–C–N with tert-alkyl or cyclic N) is 1. The molecule has 7 rings (SSSR count). The number of benzene rings is 1. The Balaban J connectivity index is 0.815. The Morgan fingerprint density at radius 1 is 0.955 bits per heavy atom. The third-order valence-electron chi connectivity index (χ3n) is 16.1. The highest BCUT2D eigenvalue weighted by atomic mass is 32.1. The van der Waals surface area contributed by atoms with E-state index in [-0.39, 0.29) is 91.3 Å². The zero-order chi connectivity index (χ0) is 48.5.